The zero-order chi connectivity index (χ0) is 13.7. The van der Waals surface area contributed by atoms with Gasteiger partial charge in [0.1, 0.15) is 12.1 Å². The van der Waals surface area contributed by atoms with Crippen molar-refractivity contribution >= 4 is 17.7 Å². The molecule has 0 unspecified atom stereocenters. The summed E-state index contributed by atoms with van der Waals surface area (Å²) in [5.74, 6) is -1.67. The minimum atomic E-state index is -0.894. The third kappa shape index (κ3) is 3.45. The molecule has 0 spiro atoms. The van der Waals surface area contributed by atoms with Crippen LogP contribution >= 0.6 is 0 Å². The number of nitrogens with one attached hydrogen (secondary N) is 2. The average Bonchev–Trinajstić information content (AvgIpc) is 2.72. The molecular formula is C11H16N4O3. The fourth-order valence-electron chi connectivity index (χ4n) is 1.82. The molecule has 1 aliphatic heterocycles. The first-order chi connectivity index (χ1) is 8.45. The molecule has 1 fully saturated rings. The van der Waals surface area contributed by atoms with Crippen molar-refractivity contribution in [2.75, 3.05) is 0 Å². The Morgan fingerprint density at radius 1 is 1.67 bits per heavy atom. The van der Waals surface area contributed by atoms with E-state index in [2.05, 4.69) is 10.6 Å². The van der Waals surface area contributed by atoms with Crippen molar-refractivity contribution in [3.63, 3.8) is 0 Å². The van der Waals surface area contributed by atoms with E-state index >= 15 is 0 Å². The van der Waals surface area contributed by atoms with Crippen molar-refractivity contribution in [3.8, 4) is 6.07 Å². The fraction of sp³-hybridized carbons (Fsp3) is 0.636. The average molecular weight is 252 g/mol. The lowest BCUT2D eigenvalue weighted by Gasteiger charge is -2.22. The molecule has 1 heterocycles. The molecule has 7 heteroatoms. The minimum Gasteiger partial charge on any atom is -0.368 e. The molecular weight excluding hydrogens is 236 g/mol. The molecule has 0 aliphatic carbocycles. The Hall–Kier alpha value is -2.10. The molecule has 3 atom stereocenters. The van der Waals surface area contributed by atoms with E-state index in [9.17, 15) is 14.4 Å². The van der Waals surface area contributed by atoms with Crippen LogP contribution in [-0.4, -0.2) is 29.8 Å². The SMILES string of the molecule is C[C@@H](CC#N)[C@@H](NC(=O)[C@H]1CCC(=O)N1)C(N)=O. The van der Waals surface area contributed by atoms with Crippen LogP contribution in [0, 0.1) is 17.2 Å². The van der Waals surface area contributed by atoms with Gasteiger partial charge < -0.3 is 16.4 Å². The van der Waals surface area contributed by atoms with Crippen molar-refractivity contribution in [2.24, 2.45) is 11.7 Å². The monoisotopic (exact) mass is 252 g/mol. The maximum Gasteiger partial charge on any atom is 0.243 e. The number of carbonyl (C=O) groups is 3. The molecule has 1 aliphatic rings. The quantitative estimate of drug-likeness (QED) is 0.567. The number of hydrogen-bond donors (Lipinski definition) is 3. The van der Waals surface area contributed by atoms with E-state index < -0.39 is 23.9 Å². The van der Waals surface area contributed by atoms with Crippen LogP contribution in [0.25, 0.3) is 0 Å². The Morgan fingerprint density at radius 3 is 2.78 bits per heavy atom. The largest absolute Gasteiger partial charge is 0.368 e. The van der Waals surface area contributed by atoms with E-state index in [1.54, 1.807) is 6.92 Å². The molecule has 1 rings (SSSR count). The predicted octanol–water partition coefficient (Wildman–Crippen LogP) is -1.22. The number of nitrogens with zero attached hydrogens (tertiary/aromatic N) is 1. The Balaban J connectivity index is 2.61. The summed E-state index contributed by atoms with van der Waals surface area (Å²) in [6.45, 7) is 1.66. The van der Waals surface area contributed by atoms with Crippen LogP contribution in [0.2, 0.25) is 0 Å². The number of rotatable bonds is 5. The normalized spacial score (nSPS) is 21.6. The summed E-state index contributed by atoms with van der Waals surface area (Å²) in [5.41, 5.74) is 5.19. The molecule has 3 amide bonds. The molecule has 18 heavy (non-hydrogen) atoms. The van der Waals surface area contributed by atoms with Crippen LogP contribution in [0.15, 0.2) is 0 Å². The van der Waals surface area contributed by atoms with Gasteiger partial charge in [0, 0.05) is 12.8 Å². The number of amides is 3. The third-order valence-corrected chi connectivity index (χ3v) is 2.90. The molecule has 0 aromatic heterocycles. The predicted molar refractivity (Wildman–Crippen MR) is 61.7 cm³/mol. The van der Waals surface area contributed by atoms with E-state index in [0.29, 0.717) is 12.8 Å². The summed E-state index contributed by atoms with van der Waals surface area (Å²) in [6, 6.07) is 0.413. The van der Waals surface area contributed by atoms with Crippen LogP contribution in [0.1, 0.15) is 26.2 Å². The van der Waals surface area contributed by atoms with Gasteiger partial charge in [-0.25, -0.2) is 0 Å². The summed E-state index contributed by atoms with van der Waals surface area (Å²) >= 11 is 0. The molecule has 0 aromatic carbocycles. The van der Waals surface area contributed by atoms with E-state index in [0.717, 1.165) is 0 Å². The van der Waals surface area contributed by atoms with Gasteiger partial charge in [-0.2, -0.15) is 5.26 Å². The molecule has 0 saturated carbocycles. The summed E-state index contributed by atoms with van der Waals surface area (Å²) in [6.07, 6.45) is 0.820. The van der Waals surface area contributed by atoms with Crippen molar-refractivity contribution in [2.45, 2.75) is 38.3 Å². The third-order valence-electron chi connectivity index (χ3n) is 2.90. The van der Waals surface area contributed by atoms with E-state index in [1.807, 2.05) is 6.07 Å². The lowest BCUT2D eigenvalue weighted by atomic mass is 9.98. The minimum absolute atomic E-state index is 0.116. The molecule has 4 N–H and O–H groups in total. The maximum atomic E-state index is 11.8. The first-order valence-electron chi connectivity index (χ1n) is 5.71. The smallest absolute Gasteiger partial charge is 0.243 e. The topological polar surface area (TPSA) is 125 Å². The molecule has 1 saturated heterocycles. The van der Waals surface area contributed by atoms with Crippen molar-refractivity contribution in [1.29, 1.82) is 5.26 Å². The first-order valence-corrected chi connectivity index (χ1v) is 5.71. The van der Waals surface area contributed by atoms with Crippen LogP contribution in [0.4, 0.5) is 0 Å². The molecule has 0 bridgehead atoms. The second kappa shape index (κ2) is 6.00. The number of primary amides is 1. The summed E-state index contributed by atoms with van der Waals surface area (Å²) in [4.78, 5) is 34.0. The zero-order valence-electron chi connectivity index (χ0n) is 10.1. The Bertz CT molecular complexity index is 402. The lowest BCUT2D eigenvalue weighted by molar-refractivity contribution is -0.130. The fourth-order valence-corrected chi connectivity index (χ4v) is 1.82. The second-order valence-corrected chi connectivity index (χ2v) is 4.39. The van der Waals surface area contributed by atoms with Gasteiger partial charge in [0.05, 0.1) is 6.07 Å². The van der Waals surface area contributed by atoms with Crippen LogP contribution < -0.4 is 16.4 Å². The van der Waals surface area contributed by atoms with Crippen LogP contribution in [0.3, 0.4) is 0 Å². The van der Waals surface area contributed by atoms with Gasteiger partial charge in [-0.05, 0) is 12.3 Å². The van der Waals surface area contributed by atoms with Crippen LogP contribution in [-0.2, 0) is 14.4 Å². The number of nitriles is 1. The van der Waals surface area contributed by atoms with Gasteiger partial charge in [-0.3, -0.25) is 14.4 Å². The van der Waals surface area contributed by atoms with Crippen molar-refractivity contribution in [1.82, 2.24) is 10.6 Å². The molecule has 7 nitrogen and oxygen atoms in total. The van der Waals surface area contributed by atoms with Crippen molar-refractivity contribution < 1.29 is 14.4 Å². The summed E-state index contributed by atoms with van der Waals surface area (Å²) in [5, 5.41) is 13.6. The summed E-state index contributed by atoms with van der Waals surface area (Å²) in [7, 11) is 0. The number of nitrogens with two attached hydrogens (primary N) is 1. The highest BCUT2D eigenvalue weighted by Gasteiger charge is 2.31. The number of hydrogen-bond acceptors (Lipinski definition) is 4. The van der Waals surface area contributed by atoms with Gasteiger partial charge in [0.2, 0.25) is 17.7 Å². The van der Waals surface area contributed by atoms with E-state index in [1.165, 1.54) is 0 Å². The van der Waals surface area contributed by atoms with Gasteiger partial charge in [0.15, 0.2) is 0 Å². The highest BCUT2D eigenvalue weighted by atomic mass is 16.2. The van der Waals surface area contributed by atoms with Gasteiger partial charge >= 0.3 is 0 Å². The molecule has 98 valence electrons. The maximum absolute atomic E-state index is 11.8. The first kappa shape index (κ1) is 14.0. The van der Waals surface area contributed by atoms with E-state index in [4.69, 9.17) is 11.0 Å². The Labute approximate surface area is 105 Å². The standard InChI is InChI=1S/C11H16N4O3/c1-6(4-5-12)9(10(13)17)15-11(18)7-2-3-8(16)14-7/h6-7,9H,2-4H2,1H3,(H2,13,17)(H,14,16)(H,15,18)/t6-,7+,9+/m0/s1. The Morgan fingerprint density at radius 2 is 2.33 bits per heavy atom. The lowest BCUT2D eigenvalue weighted by Crippen LogP contribution is -2.53. The Kier molecular flexibility index (Phi) is 4.66. The van der Waals surface area contributed by atoms with Crippen molar-refractivity contribution in [3.05, 3.63) is 0 Å². The summed E-state index contributed by atoms with van der Waals surface area (Å²) < 4.78 is 0. The highest BCUT2D eigenvalue weighted by molar-refractivity contribution is 5.93. The molecule has 0 aromatic rings. The molecule has 0 radical (unpaired) electrons. The second-order valence-electron chi connectivity index (χ2n) is 4.39. The van der Waals surface area contributed by atoms with Gasteiger partial charge in [-0.15, -0.1) is 0 Å². The van der Waals surface area contributed by atoms with Gasteiger partial charge in [0.25, 0.3) is 0 Å². The zero-order valence-corrected chi connectivity index (χ0v) is 10.1. The van der Waals surface area contributed by atoms with E-state index in [-0.39, 0.29) is 18.2 Å². The highest BCUT2D eigenvalue weighted by Crippen LogP contribution is 2.10. The number of carbonyl (C=O) groups excluding carboxylic acids is 3. The van der Waals surface area contributed by atoms with Crippen LogP contribution in [0.5, 0.6) is 0 Å². The van der Waals surface area contributed by atoms with Gasteiger partial charge in [-0.1, -0.05) is 6.92 Å².